The van der Waals surface area contributed by atoms with Crippen LogP contribution in [0.3, 0.4) is 0 Å². The summed E-state index contributed by atoms with van der Waals surface area (Å²) in [5, 5.41) is 3.44. The van der Waals surface area contributed by atoms with Gasteiger partial charge in [0.2, 0.25) is 11.8 Å². The van der Waals surface area contributed by atoms with Crippen molar-refractivity contribution in [2.45, 2.75) is 70.0 Å². The van der Waals surface area contributed by atoms with Crippen molar-refractivity contribution in [1.29, 1.82) is 0 Å². The summed E-state index contributed by atoms with van der Waals surface area (Å²) in [7, 11) is -4.14. The Balaban J connectivity index is 1.72. The molecule has 0 unspecified atom stereocenters. The van der Waals surface area contributed by atoms with Crippen molar-refractivity contribution in [2.24, 2.45) is 0 Å². The number of halogens is 1. The Bertz CT molecular complexity index is 1460. The van der Waals surface area contributed by atoms with Gasteiger partial charge in [-0.3, -0.25) is 13.9 Å². The van der Waals surface area contributed by atoms with Gasteiger partial charge in [-0.05, 0) is 74.6 Å². The second-order valence-corrected chi connectivity index (χ2v) is 12.7. The third-order valence-corrected chi connectivity index (χ3v) is 9.53. The summed E-state index contributed by atoms with van der Waals surface area (Å²) in [6, 6.07) is 19.9. The lowest BCUT2D eigenvalue weighted by atomic mass is 10.1. The molecule has 40 heavy (non-hydrogen) atoms. The van der Waals surface area contributed by atoms with Crippen LogP contribution in [0, 0.1) is 13.8 Å². The Labute approximate surface area is 242 Å². The van der Waals surface area contributed by atoms with Gasteiger partial charge in [0.1, 0.15) is 12.6 Å². The largest absolute Gasteiger partial charge is 0.352 e. The van der Waals surface area contributed by atoms with Gasteiger partial charge < -0.3 is 10.2 Å². The molecule has 4 rings (SSSR count). The van der Waals surface area contributed by atoms with Crippen molar-refractivity contribution in [1.82, 2.24) is 10.2 Å². The van der Waals surface area contributed by atoms with Crippen molar-refractivity contribution in [3.8, 4) is 0 Å². The molecule has 0 heterocycles. The Morgan fingerprint density at radius 1 is 0.950 bits per heavy atom. The molecule has 1 fully saturated rings. The van der Waals surface area contributed by atoms with E-state index in [1.807, 2.05) is 31.2 Å². The van der Waals surface area contributed by atoms with Gasteiger partial charge in [-0.15, -0.1) is 0 Å². The summed E-state index contributed by atoms with van der Waals surface area (Å²) in [5.41, 5.74) is 2.81. The van der Waals surface area contributed by atoms with Crippen molar-refractivity contribution < 1.29 is 18.0 Å². The topological polar surface area (TPSA) is 86.8 Å². The number of nitrogens with zero attached hydrogens (tertiary/aromatic N) is 2. The molecule has 9 heteroatoms. The van der Waals surface area contributed by atoms with E-state index in [4.69, 9.17) is 11.6 Å². The highest BCUT2D eigenvalue weighted by atomic mass is 35.5. The van der Waals surface area contributed by atoms with E-state index in [-0.39, 0.29) is 23.4 Å². The number of nitrogens with one attached hydrogen (secondary N) is 1. The molecule has 3 aromatic carbocycles. The number of anilines is 1. The lowest BCUT2D eigenvalue weighted by molar-refractivity contribution is -0.139. The summed E-state index contributed by atoms with van der Waals surface area (Å²) in [4.78, 5) is 29.0. The average molecular weight is 582 g/mol. The monoisotopic (exact) mass is 581 g/mol. The minimum atomic E-state index is -4.14. The first-order valence-corrected chi connectivity index (χ1v) is 15.4. The van der Waals surface area contributed by atoms with Crippen molar-refractivity contribution in [3.63, 3.8) is 0 Å². The predicted molar refractivity (Wildman–Crippen MR) is 159 cm³/mol. The molecular weight excluding hydrogens is 546 g/mol. The molecule has 0 bridgehead atoms. The van der Waals surface area contributed by atoms with Crippen LogP contribution in [0.25, 0.3) is 0 Å². The quantitative estimate of drug-likeness (QED) is 0.336. The summed E-state index contributed by atoms with van der Waals surface area (Å²) >= 11 is 6.28. The minimum absolute atomic E-state index is 0.0552. The number of sulfonamides is 1. The van der Waals surface area contributed by atoms with Crippen molar-refractivity contribution in [2.75, 3.05) is 10.8 Å². The molecule has 1 saturated carbocycles. The zero-order valence-corrected chi connectivity index (χ0v) is 24.7. The molecule has 1 N–H and O–H groups in total. The van der Waals surface area contributed by atoms with Crippen LogP contribution in [0.4, 0.5) is 5.69 Å². The second-order valence-electron chi connectivity index (χ2n) is 10.4. The zero-order chi connectivity index (χ0) is 28.9. The lowest BCUT2D eigenvalue weighted by Crippen LogP contribution is -2.52. The molecule has 0 aromatic heterocycles. The lowest BCUT2D eigenvalue weighted by Gasteiger charge is -2.33. The smallest absolute Gasteiger partial charge is 0.264 e. The minimum Gasteiger partial charge on any atom is -0.352 e. The summed E-state index contributed by atoms with van der Waals surface area (Å²) in [6.45, 7) is 5.08. The Hall–Kier alpha value is -3.36. The van der Waals surface area contributed by atoms with Crippen LogP contribution >= 0.6 is 11.6 Å². The normalized spacial score (nSPS) is 14.5. The van der Waals surface area contributed by atoms with Crippen LogP contribution in [0.1, 0.15) is 49.3 Å². The first kappa shape index (κ1) is 29.6. The van der Waals surface area contributed by atoms with Crippen molar-refractivity contribution in [3.05, 3.63) is 94.5 Å². The Morgan fingerprint density at radius 3 is 2.27 bits per heavy atom. The first-order chi connectivity index (χ1) is 19.1. The molecule has 1 aliphatic carbocycles. The van der Waals surface area contributed by atoms with Gasteiger partial charge in [-0.25, -0.2) is 8.42 Å². The molecule has 1 atom stereocenters. The standard InChI is InChI=1S/C31H36ClN3O4S/c1-22-11-7-8-12-25(22)20-34(24(3)31(37)33-27-13-9-10-14-27)30(36)21-35(29-19-26(32)18-17-23(29)2)40(38,39)28-15-5-4-6-16-28/h4-8,11-12,15-19,24,27H,9-10,13-14,20-21H2,1-3H3,(H,33,37)/t24-/m0/s1. The van der Waals surface area contributed by atoms with Crippen LogP contribution in [0.15, 0.2) is 77.7 Å². The van der Waals surface area contributed by atoms with Crippen LogP contribution in [-0.4, -0.2) is 43.8 Å². The van der Waals surface area contributed by atoms with E-state index in [0.29, 0.717) is 16.3 Å². The highest BCUT2D eigenvalue weighted by Crippen LogP contribution is 2.30. The molecule has 0 saturated heterocycles. The Kier molecular flexibility index (Phi) is 9.53. The molecule has 3 aromatic rings. The third-order valence-electron chi connectivity index (χ3n) is 7.52. The van der Waals surface area contributed by atoms with Gasteiger partial charge in [0, 0.05) is 17.6 Å². The molecule has 0 aliphatic heterocycles. The Morgan fingerprint density at radius 2 is 1.60 bits per heavy atom. The van der Waals surface area contributed by atoms with Gasteiger partial charge >= 0.3 is 0 Å². The fraction of sp³-hybridized carbons (Fsp3) is 0.355. The molecule has 212 valence electrons. The molecule has 0 spiro atoms. The number of amides is 2. The number of carbonyl (C=O) groups is 2. The van der Waals surface area contributed by atoms with Crippen LogP contribution in [-0.2, 0) is 26.2 Å². The number of hydrogen-bond acceptors (Lipinski definition) is 4. The van der Waals surface area contributed by atoms with E-state index in [0.717, 1.165) is 41.1 Å². The van der Waals surface area contributed by atoms with E-state index in [1.165, 1.54) is 17.0 Å². The molecular formula is C31H36ClN3O4S. The van der Waals surface area contributed by atoms with Gasteiger partial charge in [0.25, 0.3) is 10.0 Å². The van der Waals surface area contributed by atoms with E-state index in [1.54, 1.807) is 50.2 Å². The molecule has 2 amide bonds. The van der Waals surface area contributed by atoms with Gasteiger partial charge in [0.05, 0.1) is 10.6 Å². The van der Waals surface area contributed by atoms with Crippen molar-refractivity contribution >= 4 is 39.1 Å². The van der Waals surface area contributed by atoms with E-state index < -0.39 is 28.5 Å². The maximum absolute atomic E-state index is 14.1. The van der Waals surface area contributed by atoms with E-state index >= 15 is 0 Å². The predicted octanol–water partition coefficient (Wildman–Crippen LogP) is 5.63. The molecule has 7 nitrogen and oxygen atoms in total. The van der Waals surface area contributed by atoms with Gasteiger partial charge in [-0.2, -0.15) is 0 Å². The zero-order valence-electron chi connectivity index (χ0n) is 23.1. The second kappa shape index (κ2) is 12.9. The third kappa shape index (κ3) is 6.85. The summed E-state index contributed by atoms with van der Waals surface area (Å²) in [5.74, 6) is -0.735. The first-order valence-electron chi connectivity index (χ1n) is 13.6. The van der Waals surface area contributed by atoms with Crippen LogP contribution < -0.4 is 9.62 Å². The number of carbonyl (C=O) groups excluding carboxylic acids is 2. The SMILES string of the molecule is Cc1ccccc1CN(C(=O)CN(c1cc(Cl)ccc1C)S(=O)(=O)c1ccccc1)[C@@H](C)C(=O)NC1CCCC1. The van der Waals surface area contributed by atoms with Crippen LogP contribution in [0.2, 0.25) is 5.02 Å². The van der Waals surface area contributed by atoms with Gasteiger partial charge in [-0.1, -0.05) is 73.0 Å². The number of rotatable bonds is 10. The highest BCUT2D eigenvalue weighted by molar-refractivity contribution is 7.92. The fourth-order valence-electron chi connectivity index (χ4n) is 5.03. The highest BCUT2D eigenvalue weighted by Gasteiger charge is 2.34. The van der Waals surface area contributed by atoms with Gasteiger partial charge in [0.15, 0.2) is 0 Å². The van der Waals surface area contributed by atoms with E-state index in [2.05, 4.69) is 5.32 Å². The summed E-state index contributed by atoms with van der Waals surface area (Å²) < 4.78 is 29.0. The number of benzene rings is 3. The average Bonchev–Trinajstić information content (AvgIpc) is 3.45. The van der Waals surface area contributed by atoms with Crippen LogP contribution in [0.5, 0.6) is 0 Å². The number of hydrogen-bond donors (Lipinski definition) is 1. The fourth-order valence-corrected chi connectivity index (χ4v) is 6.69. The maximum Gasteiger partial charge on any atom is 0.264 e. The summed E-state index contributed by atoms with van der Waals surface area (Å²) in [6.07, 6.45) is 3.97. The maximum atomic E-state index is 14.1. The number of aryl methyl sites for hydroxylation is 2. The van der Waals surface area contributed by atoms with E-state index in [9.17, 15) is 18.0 Å². The molecule has 1 aliphatic rings. The molecule has 0 radical (unpaired) electrons.